The molecule has 0 aliphatic heterocycles. The van der Waals surface area contributed by atoms with E-state index in [9.17, 15) is 18.0 Å². The number of anilines is 1. The van der Waals surface area contributed by atoms with Crippen LogP contribution in [0.25, 0.3) is 22.0 Å². The molecule has 4 rings (SSSR count). The number of hydrogen-bond acceptors (Lipinski definition) is 7. The zero-order valence-electron chi connectivity index (χ0n) is 17.3. The normalized spacial score (nSPS) is 11.6. The zero-order valence-corrected chi connectivity index (χ0v) is 18.1. The number of alkyl halides is 3. The number of nitrogens with zero attached hydrogens (tertiary/aromatic N) is 5. The summed E-state index contributed by atoms with van der Waals surface area (Å²) in [6.07, 6.45) is -0.333. The van der Waals surface area contributed by atoms with E-state index in [-0.39, 0.29) is 16.3 Å². The Morgan fingerprint density at radius 2 is 2.18 bits per heavy atom. The van der Waals surface area contributed by atoms with Crippen LogP contribution >= 0.6 is 11.3 Å². The third-order valence-corrected chi connectivity index (χ3v) is 5.35. The van der Waals surface area contributed by atoms with Crippen LogP contribution in [0.15, 0.2) is 42.2 Å². The van der Waals surface area contributed by atoms with E-state index in [0.29, 0.717) is 36.8 Å². The van der Waals surface area contributed by atoms with Gasteiger partial charge in [0.2, 0.25) is 0 Å². The van der Waals surface area contributed by atoms with E-state index in [4.69, 9.17) is 4.74 Å². The van der Waals surface area contributed by atoms with E-state index in [1.54, 1.807) is 35.3 Å². The molecule has 0 aliphatic rings. The van der Waals surface area contributed by atoms with E-state index in [0.717, 1.165) is 17.5 Å². The molecule has 172 valence electrons. The lowest BCUT2D eigenvalue weighted by atomic mass is 10.2. The molecule has 4 aromatic heterocycles. The topological polar surface area (TPSA) is 111 Å². The Morgan fingerprint density at radius 3 is 2.91 bits per heavy atom. The minimum absolute atomic E-state index is 0.0265. The molecule has 0 saturated heterocycles. The number of aromatic nitrogens is 6. The lowest BCUT2D eigenvalue weighted by molar-refractivity contribution is -0.140. The number of nitrogens with one attached hydrogen (secondary N) is 2. The number of amides is 1. The summed E-state index contributed by atoms with van der Waals surface area (Å²) in [7, 11) is 0. The summed E-state index contributed by atoms with van der Waals surface area (Å²) in [6, 6.07) is 5.31. The fraction of sp³-hybridized carbons (Fsp3) is 0.250. The van der Waals surface area contributed by atoms with Gasteiger partial charge in [-0.05, 0) is 19.1 Å². The third-order valence-electron chi connectivity index (χ3n) is 4.48. The highest BCUT2D eigenvalue weighted by Crippen LogP contribution is 2.36. The SMILES string of the molecule is CCOCCn1cc(NC(=O)c2csc(-c3cn[nH]c3C(F)(F)F)n2)c(-c2ccccn2)n1. The summed E-state index contributed by atoms with van der Waals surface area (Å²) in [4.78, 5) is 21.2. The van der Waals surface area contributed by atoms with Crippen molar-refractivity contribution >= 4 is 22.9 Å². The molecule has 4 heterocycles. The van der Waals surface area contributed by atoms with Crippen molar-refractivity contribution in [2.24, 2.45) is 0 Å². The van der Waals surface area contributed by atoms with Crippen LogP contribution in [-0.4, -0.2) is 49.1 Å². The summed E-state index contributed by atoms with van der Waals surface area (Å²) < 4.78 is 46.4. The number of halogens is 3. The predicted molar refractivity (Wildman–Crippen MR) is 115 cm³/mol. The largest absolute Gasteiger partial charge is 0.433 e. The van der Waals surface area contributed by atoms with Gasteiger partial charge in [0.1, 0.15) is 22.1 Å². The Morgan fingerprint density at radius 1 is 1.33 bits per heavy atom. The standard InChI is InChI=1S/C20H18F3N7O2S/c1-2-32-8-7-30-10-14(16(29-30)13-5-3-4-6-24-13)26-18(31)15-11-33-19(27-15)12-9-25-28-17(12)20(21,22)23/h3-6,9-11H,2,7-8H2,1H3,(H,25,28)(H,26,31). The van der Waals surface area contributed by atoms with Crippen molar-refractivity contribution < 1.29 is 22.7 Å². The molecule has 0 aliphatic carbocycles. The highest BCUT2D eigenvalue weighted by Gasteiger charge is 2.36. The lowest BCUT2D eigenvalue weighted by Gasteiger charge is -2.04. The molecule has 0 bridgehead atoms. The van der Waals surface area contributed by atoms with E-state index >= 15 is 0 Å². The van der Waals surface area contributed by atoms with E-state index in [1.807, 2.05) is 12.0 Å². The smallest absolute Gasteiger partial charge is 0.380 e. The number of aromatic amines is 1. The van der Waals surface area contributed by atoms with Crippen molar-refractivity contribution in [3.8, 4) is 22.0 Å². The molecule has 13 heteroatoms. The van der Waals surface area contributed by atoms with Crippen LogP contribution in [0.5, 0.6) is 0 Å². The van der Waals surface area contributed by atoms with Gasteiger partial charge in [-0.2, -0.15) is 23.4 Å². The number of H-pyrrole nitrogens is 1. The van der Waals surface area contributed by atoms with Crippen molar-refractivity contribution in [2.45, 2.75) is 19.6 Å². The van der Waals surface area contributed by atoms with E-state index in [1.165, 1.54) is 5.38 Å². The number of pyridine rings is 1. The molecular formula is C20H18F3N7O2S. The zero-order chi connectivity index (χ0) is 23.4. The second-order valence-electron chi connectivity index (χ2n) is 6.71. The summed E-state index contributed by atoms with van der Waals surface area (Å²) in [5.41, 5.74) is 0.129. The molecule has 1 amide bonds. The minimum atomic E-state index is -4.62. The number of carbonyl (C=O) groups excluding carboxylic acids is 1. The molecule has 0 spiro atoms. The van der Waals surface area contributed by atoms with Crippen LogP contribution in [0.2, 0.25) is 0 Å². The third kappa shape index (κ3) is 5.09. The number of hydrogen-bond donors (Lipinski definition) is 2. The van der Waals surface area contributed by atoms with Crippen molar-refractivity contribution in [2.75, 3.05) is 18.5 Å². The Kier molecular flexibility index (Phi) is 6.51. The van der Waals surface area contributed by atoms with Gasteiger partial charge in [-0.1, -0.05) is 6.07 Å². The fourth-order valence-corrected chi connectivity index (χ4v) is 3.79. The highest BCUT2D eigenvalue weighted by molar-refractivity contribution is 7.13. The number of ether oxygens (including phenoxy) is 1. The first-order valence-electron chi connectivity index (χ1n) is 9.81. The first-order chi connectivity index (χ1) is 15.9. The molecule has 0 aromatic carbocycles. The van der Waals surface area contributed by atoms with E-state index in [2.05, 4.69) is 25.5 Å². The molecule has 2 N–H and O–H groups in total. The molecule has 9 nitrogen and oxygen atoms in total. The lowest BCUT2D eigenvalue weighted by Crippen LogP contribution is -2.13. The fourth-order valence-electron chi connectivity index (χ4n) is 2.97. The number of thiazole rings is 1. The van der Waals surface area contributed by atoms with Gasteiger partial charge in [-0.15, -0.1) is 11.3 Å². The number of carbonyl (C=O) groups is 1. The summed E-state index contributed by atoms with van der Waals surface area (Å²) in [6.45, 7) is 3.36. The van der Waals surface area contributed by atoms with Gasteiger partial charge >= 0.3 is 6.18 Å². The summed E-state index contributed by atoms with van der Waals surface area (Å²) in [5.74, 6) is -0.587. The average molecular weight is 477 g/mol. The molecular weight excluding hydrogens is 459 g/mol. The summed E-state index contributed by atoms with van der Waals surface area (Å²) >= 11 is 0.914. The van der Waals surface area contributed by atoms with Crippen molar-refractivity contribution in [1.82, 2.24) is 29.9 Å². The van der Waals surface area contributed by atoms with Crippen LogP contribution in [0.1, 0.15) is 23.1 Å². The molecule has 4 aromatic rings. The van der Waals surface area contributed by atoms with Gasteiger partial charge in [0.15, 0.2) is 0 Å². The molecule has 0 saturated carbocycles. The maximum Gasteiger partial charge on any atom is 0.433 e. The second kappa shape index (κ2) is 9.50. The van der Waals surface area contributed by atoms with Gasteiger partial charge in [0.05, 0.1) is 36.3 Å². The Bertz CT molecular complexity index is 1230. The second-order valence-corrected chi connectivity index (χ2v) is 7.57. The summed E-state index contributed by atoms with van der Waals surface area (Å²) in [5, 5.41) is 14.0. The van der Waals surface area contributed by atoms with Crippen molar-refractivity contribution in [3.63, 3.8) is 0 Å². The van der Waals surface area contributed by atoms with Gasteiger partial charge < -0.3 is 10.1 Å². The van der Waals surface area contributed by atoms with Gasteiger partial charge in [-0.3, -0.25) is 19.6 Å². The quantitative estimate of drug-likeness (QED) is 0.370. The van der Waals surface area contributed by atoms with Crippen LogP contribution in [-0.2, 0) is 17.5 Å². The maximum absolute atomic E-state index is 13.1. The molecule has 0 unspecified atom stereocenters. The monoisotopic (exact) mass is 477 g/mol. The van der Waals surface area contributed by atoms with Gasteiger partial charge in [0.25, 0.3) is 5.91 Å². The van der Waals surface area contributed by atoms with Crippen LogP contribution in [0.4, 0.5) is 18.9 Å². The van der Waals surface area contributed by atoms with Crippen molar-refractivity contribution in [3.05, 3.63) is 53.6 Å². The molecule has 0 atom stereocenters. The van der Waals surface area contributed by atoms with Crippen LogP contribution < -0.4 is 5.32 Å². The predicted octanol–water partition coefficient (Wildman–Crippen LogP) is 4.10. The minimum Gasteiger partial charge on any atom is -0.380 e. The Hall–Kier alpha value is -3.58. The van der Waals surface area contributed by atoms with Crippen molar-refractivity contribution in [1.29, 1.82) is 0 Å². The first-order valence-corrected chi connectivity index (χ1v) is 10.7. The average Bonchev–Trinajstić information content (AvgIpc) is 3.53. The molecule has 0 radical (unpaired) electrons. The molecule has 0 fully saturated rings. The maximum atomic E-state index is 13.1. The first kappa shape index (κ1) is 22.6. The highest BCUT2D eigenvalue weighted by atomic mass is 32.1. The van der Waals surface area contributed by atoms with Gasteiger partial charge in [0, 0.05) is 24.4 Å². The van der Waals surface area contributed by atoms with Gasteiger partial charge in [-0.25, -0.2) is 4.98 Å². The Labute approximate surface area is 189 Å². The van der Waals surface area contributed by atoms with Crippen LogP contribution in [0, 0.1) is 0 Å². The number of rotatable bonds is 8. The van der Waals surface area contributed by atoms with E-state index < -0.39 is 17.8 Å². The Balaban J connectivity index is 1.58. The molecule has 33 heavy (non-hydrogen) atoms. The van der Waals surface area contributed by atoms with Crippen LogP contribution in [0.3, 0.4) is 0 Å².